The molecule has 0 radical (unpaired) electrons. The summed E-state index contributed by atoms with van der Waals surface area (Å²) in [5.41, 5.74) is -0.415. The van der Waals surface area contributed by atoms with Crippen LogP contribution in [0.3, 0.4) is 0 Å². The zero-order valence-corrected chi connectivity index (χ0v) is 9.39. The van der Waals surface area contributed by atoms with Gasteiger partial charge in [-0.05, 0) is 27.7 Å². The normalized spacial score (nSPS) is 19.7. The lowest BCUT2D eigenvalue weighted by Gasteiger charge is -2.33. The summed E-state index contributed by atoms with van der Waals surface area (Å²) < 4.78 is 5.16. The molecular weight excluding hydrogens is 180 g/mol. The molecule has 0 spiro atoms. The summed E-state index contributed by atoms with van der Waals surface area (Å²) in [6, 6.07) is 0.186. The standard InChI is InChI=1S/C10H20N2O2/c1-7(8-5-11-6-8)12-9(13)14-10(2,3)4/h7-8,11H,5-6H2,1-4H3,(H,12,13)/t7-/m1/s1. The molecule has 0 aromatic carbocycles. The highest BCUT2D eigenvalue weighted by atomic mass is 16.6. The van der Waals surface area contributed by atoms with Crippen LogP contribution in [0.4, 0.5) is 4.79 Å². The highest BCUT2D eigenvalue weighted by Gasteiger charge is 2.26. The molecule has 0 unspecified atom stereocenters. The Hall–Kier alpha value is -0.770. The van der Waals surface area contributed by atoms with Crippen molar-refractivity contribution >= 4 is 6.09 Å². The van der Waals surface area contributed by atoms with E-state index in [4.69, 9.17) is 4.74 Å². The summed E-state index contributed by atoms with van der Waals surface area (Å²) in [4.78, 5) is 11.4. The van der Waals surface area contributed by atoms with Crippen molar-refractivity contribution in [3.8, 4) is 0 Å². The Kier molecular flexibility index (Phi) is 3.37. The minimum absolute atomic E-state index is 0.186. The van der Waals surface area contributed by atoms with Crippen LogP contribution in [0.2, 0.25) is 0 Å². The third kappa shape index (κ3) is 3.54. The van der Waals surface area contributed by atoms with Crippen molar-refractivity contribution in [1.82, 2.24) is 10.6 Å². The lowest BCUT2D eigenvalue weighted by Crippen LogP contribution is -2.53. The Labute approximate surface area is 85.4 Å². The van der Waals surface area contributed by atoms with Crippen LogP contribution in [0, 0.1) is 5.92 Å². The van der Waals surface area contributed by atoms with Crippen LogP contribution < -0.4 is 10.6 Å². The largest absolute Gasteiger partial charge is 0.444 e. The molecule has 82 valence electrons. The van der Waals surface area contributed by atoms with E-state index < -0.39 is 5.60 Å². The Morgan fingerprint density at radius 3 is 2.43 bits per heavy atom. The molecule has 1 fully saturated rings. The molecule has 1 atom stereocenters. The maximum absolute atomic E-state index is 11.4. The second-order valence-electron chi connectivity index (χ2n) is 4.85. The Morgan fingerprint density at radius 1 is 1.50 bits per heavy atom. The summed E-state index contributed by atoms with van der Waals surface area (Å²) in [5.74, 6) is 0.544. The predicted octanol–water partition coefficient (Wildman–Crippen LogP) is 1.12. The summed E-state index contributed by atoms with van der Waals surface area (Å²) in [6.45, 7) is 9.57. The van der Waals surface area contributed by atoms with Crippen molar-refractivity contribution in [1.29, 1.82) is 0 Å². The number of hydrogen-bond acceptors (Lipinski definition) is 3. The number of carbonyl (C=O) groups is 1. The number of carbonyl (C=O) groups excluding carboxylic acids is 1. The third-order valence-electron chi connectivity index (χ3n) is 2.26. The molecule has 1 amide bonds. The SMILES string of the molecule is C[C@@H](NC(=O)OC(C)(C)C)C1CNC1. The van der Waals surface area contributed by atoms with Crippen LogP contribution in [0.15, 0.2) is 0 Å². The van der Waals surface area contributed by atoms with E-state index >= 15 is 0 Å². The van der Waals surface area contributed by atoms with Gasteiger partial charge in [0.1, 0.15) is 5.60 Å². The van der Waals surface area contributed by atoms with Crippen LogP contribution in [0.5, 0.6) is 0 Å². The summed E-state index contributed by atoms with van der Waals surface area (Å²) in [6.07, 6.45) is -0.322. The van der Waals surface area contributed by atoms with Gasteiger partial charge in [0.25, 0.3) is 0 Å². The fraction of sp³-hybridized carbons (Fsp3) is 0.900. The smallest absolute Gasteiger partial charge is 0.407 e. The molecule has 0 bridgehead atoms. The Morgan fingerprint density at radius 2 is 2.07 bits per heavy atom. The topological polar surface area (TPSA) is 50.4 Å². The molecule has 4 heteroatoms. The molecule has 4 nitrogen and oxygen atoms in total. The van der Waals surface area contributed by atoms with E-state index in [1.807, 2.05) is 27.7 Å². The number of nitrogens with one attached hydrogen (secondary N) is 2. The first-order chi connectivity index (χ1) is 6.38. The van der Waals surface area contributed by atoms with E-state index in [9.17, 15) is 4.79 Å². The number of amides is 1. The van der Waals surface area contributed by atoms with Gasteiger partial charge >= 0.3 is 6.09 Å². The first-order valence-electron chi connectivity index (χ1n) is 5.09. The predicted molar refractivity (Wildman–Crippen MR) is 55.2 cm³/mol. The molecule has 14 heavy (non-hydrogen) atoms. The van der Waals surface area contributed by atoms with Crippen LogP contribution in [-0.2, 0) is 4.74 Å². The van der Waals surface area contributed by atoms with Gasteiger partial charge in [-0.25, -0.2) is 4.79 Å². The van der Waals surface area contributed by atoms with Gasteiger partial charge in [-0.3, -0.25) is 0 Å². The first kappa shape index (κ1) is 11.3. The molecule has 1 aliphatic rings. The molecule has 1 aliphatic heterocycles. The number of rotatable bonds is 2. The van der Waals surface area contributed by atoms with Gasteiger partial charge in [0.2, 0.25) is 0 Å². The molecule has 0 aromatic heterocycles. The van der Waals surface area contributed by atoms with Gasteiger partial charge in [0.15, 0.2) is 0 Å². The lowest BCUT2D eigenvalue weighted by molar-refractivity contribution is 0.0481. The van der Waals surface area contributed by atoms with Crippen molar-refractivity contribution < 1.29 is 9.53 Å². The van der Waals surface area contributed by atoms with Gasteiger partial charge in [-0.2, -0.15) is 0 Å². The summed E-state index contributed by atoms with van der Waals surface area (Å²) in [5, 5.41) is 6.01. The van der Waals surface area contributed by atoms with Gasteiger partial charge in [0, 0.05) is 25.0 Å². The van der Waals surface area contributed by atoms with Gasteiger partial charge in [-0.1, -0.05) is 0 Å². The molecule has 0 saturated carbocycles. The summed E-state index contributed by atoms with van der Waals surface area (Å²) in [7, 11) is 0. The monoisotopic (exact) mass is 200 g/mol. The van der Waals surface area contributed by atoms with E-state index in [0.29, 0.717) is 5.92 Å². The number of alkyl carbamates (subject to hydrolysis) is 1. The van der Waals surface area contributed by atoms with Gasteiger partial charge < -0.3 is 15.4 Å². The third-order valence-corrected chi connectivity index (χ3v) is 2.26. The van der Waals surface area contributed by atoms with Gasteiger partial charge in [-0.15, -0.1) is 0 Å². The van der Waals surface area contributed by atoms with Crippen molar-refractivity contribution in [3.63, 3.8) is 0 Å². The average molecular weight is 200 g/mol. The fourth-order valence-corrected chi connectivity index (χ4v) is 1.28. The Balaban J connectivity index is 2.25. The van der Waals surface area contributed by atoms with Crippen LogP contribution in [-0.4, -0.2) is 30.8 Å². The Bertz CT molecular complexity index is 207. The van der Waals surface area contributed by atoms with Crippen molar-refractivity contribution in [2.24, 2.45) is 5.92 Å². The molecule has 2 N–H and O–H groups in total. The van der Waals surface area contributed by atoms with Crippen LogP contribution >= 0.6 is 0 Å². The minimum Gasteiger partial charge on any atom is -0.444 e. The number of ether oxygens (including phenoxy) is 1. The lowest BCUT2D eigenvalue weighted by atomic mass is 9.95. The maximum Gasteiger partial charge on any atom is 0.407 e. The highest BCUT2D eigenvalue weighted by Crippen LogP contribution is 2.11. The zero-order chi connectivity index (χ0) is 10.8. The molecule has 1 saturated heterocycles. The second kappa shape index (κ2) is 4.17. The molecule has 1 rings (SSSR count). The molecule has 1 heterocycles. The van der Waals surface area contributed by atoms with E-state index in [1.165, 1.54) is 0 Å². The van der Waals surface area contributed by atoms with E-state index in [1.54, 1.807) is 0 Å². The zero-order valence-electron chi connectivity index (χ0n) is 9.39. The highest BCUT2D eigenvalue weighted by molar-refractivity contribution is 5.68. The second-order valence-corrected chi connectivity index (χ2v) is 4.85. The van der Waals surface area contributed by atoms with Crippen molar-refractivity contribution in [2.45, 2.75) is 39.3 Å². The maximum atomic E-state index is 11.4. The van der Waals surface area contributed by atoms with Crippen molar-refractivity contribution in [3.05, 3.63) is 0 Å². The van der Waals surface area contributed by atoms with E-state index in [0.717, 1.165) is 13.1 Å². The fourth-order valence-electron chi connectivity index (χ4n) is 1.28. The average Bonchev–Trinajstić information content (AvgIpc) is 1.75. The molecule has 0 aliphatic carbocycles. The van der Waals surface area contributed by atoms with Crippen LogP contribution in [0.25, 0.3) is 0 Å². The van der Waals surface area contributed by atoms with Crippen LogP contribution in [0.1, 0.15) is 27.7 Å². The first-order valence-corrected chi connectivity index (χ1v) is 5.09. The van der Waals surface area contributed by atoms with Gasteiger partial charge in [0.05, 0.1) is 0 Å². The molecule has 0 aromatic rings. The summed E-state index contributed by atoms with van der Waals surface area (Å²) >= 11 is 0. The van der Waals surface area contributed by atoms with E-state index in [-0.39, 0.29) is 12.1 Å². The van der Waals surface area contributed by atoms with E-state index in [2.05, 4.69) is 10.6 Å². The minimum atomic E-state index is -0.415. The quantitative estimate of drug-likeness (QED) is 0.702. The number of hydrogen-bond donors (Lipinski definition) is 2. The van der Waals surface area contributed by atoms with Crippen molar-refractivity contribution in [2.75, 3.05) is 13.1 Å². The molecular formula is C10H20N2O2.